The van der Waals surface area contributed by atoms with E-state index < -0.39 is 12.0 Å². The molecule has 0 radical (unpaired) electrons. The highest BCUT2D eigenvalue weighted by Gasteiger charge is 2.34. The van der Waals surface area contributed by atoms with E-state index in [0.29, 0.717) is 10.4 Å². The van der Waals surface area contributed by atoms with Crippen LogP contribution in [0.1, 0.15) is 31.5 Å². The van der Waals surface area contributed by atoms with Gasteiger partial charge in [0.15, 0.2) is 5.65 Å². The van der Waals surface area contributed by atoms with Gasteiger partial charge in [0.2, 0.25) is 10.6 Å². The molecule has 3 aromatic heterocycles. The summed E-state index contributed by atoms with van der Waals surface area (Å²) < 4.78 is 40.3. The number of anilines is 2. The number of nitrogens with zero attached hydrogens (tertiary/aromatic N) is 6. The van der Waals surface area contributed by atoms with Gasteiger partial charge in [-0.1, -0.05) is 0 Å². The van der Waals surface area contributed by atoms with Gasteiger partial charge in [0.05, 0.1) is 0 Å². The molecule has 0 saturated heterocycles. The molecule has 1 fully saturated rings. The molecule has 12 heteroatoms. The summed E-state index contributed by atoms with van der Waals surface area (Å²) >= 11 is 3.29. The summed E-state index contributed by atoms with van der Waals surface area (Å²) in [5.74, 6) is -0.215. The van der Waals surface area contributed by atoms with E-state index in [4.69, 9.17) is 0 Å². The van der Waals surface area contributed by atoms with Crippen molar-refractivity contribution >= 4 is 33.2 Å². The number of rotatable bonds is 4. The fourth-order valence-corrected chi connectivity index (χ4v) is 3.56. The molecule has 1 saturated carbocycles. The smallest absolute Gasteiger partial charge is 0.367 e. The molecule has 0 spiro atoms. The zero-order valence-corrected chi connectivity index (χ0v) is 16.1. The molecule has 148 valence electrons. The molecular weight excluding hydrogens is 441 g/mol. The second-order valence-corrected chi connectivity index (χ2v) is 7.27. The van der Waals surface area contributed by atoms with Crippen molar-refractivity contribution in [2.24, 2.45) is 0 Å². The van der Waals surface area contributed by atoms with Gasteiger partial charge in [-0.3, -0.25) is 0 Å². The van der Waals surface area contributed by atoms with E-state index >= 15 is 0 Å². The number of fused-ring (bicyclic) bond motifs is 1. The Morgan fingerprint density at radius 3 is 2.32 bits per heavy atom. The minimum Gasteiger partial charge on any atom is -0.367 e. The fourth-order valence-electron chi connectivity index (χ4n) is 3.22. The molecule has 2 N–H and O–H groups in total. The number of alkyl halides is 3. The molecule has 3 heterocycles. The number of hydrogen-bond donors (Lipinski definition) is 2. The van der Waals surface area contributed by atoms with Crippen molar-refractivity contribution in [2.45, 2.75) is 43.9 Å². The largest absolute Gasteiger partial charge is 0.451 e. The van der Waals surface area contributed by atoms with Crippen LogP contribution in [-0.2, 0) is 6.18 Å². The van der Waals surface area contributed by atoms with Crippen LogP contribution in [0.15, 0.2) is 29.1 Å². The zero-order chi connectivity index (χ0) is 19.7. The first-order valence-electron chi connectivity index (χ1n) is 8.70. The fraction of sp³-hybridized carbons (Fsp3) is 0.438. The van der Waals surface area contributed by atoms with Crippen LogP contribution in [0.3, 0.4) is 0 Å². The Kier molecular flexibility index (Phi) is 5.04. The number of hydrogen-bond acceptors (Lipinski definition) is 7. The van der Waals surface area contributed by atoms with Crippen LogP contribution in [0, 0.1) is 0 Å². The van der Waals surface area contributed by atoms with E-state index in [0.717, 1.165) is 37.7 Å². The van der Waals surface area contributed by atoms with Crippen LogP contribution in [0.2, 0.25) is 0 Å². The van der Waals surface area contributed by atoms with E-state index in [-0.39, 0.29) is 17.9 Å². The average molecular weight is 457 g/mol. The quantitative estimate of drug-likeness (QED) is 0.619. The molecule has 0 bridgehead atoms. The molecule has 4 rings (SSSR count). The molecular formula is C16H16BrF3N8. The molecule has 3 aromatic rings. The summed E-state index contributed by atoms with van der Waals surface area (Å²) in [6, 6.07) is 5.43. The van der Waals surface area contributed by atoms with Gasteiger partial charge in [0.25, 0.3) is 0 Å². The van der Waals surface area contributed by atoms with Crippen molar-refractivity contribution in [1.82, 2.24) is 29.8 Å². The Hall–Kier alpha value is -2.50. The molecule has 28 heavy (non-hydrogen) atoms. The van der Waals surface area contributed by atoms with Gasteiger partial charge in [0.1, 0.15) is 11.6 Å². The van der Waals surface area contributed by atoms with Crippen LogP contribution >= 0.6 is 15.9 Å². The Balaban J connectivity index is 1.33. The maximum absolute atomic E-state index is 12.7. The van der Waals surface area contributed by atoms with Gasteiger partial charge < -0.3 is 10.6 Å². The van der Waals surface area contributed by atoms with Crippen molar-refractivity contribution in [3.05, 3.63) is 35.0 Å². The highest BCUT2D eigenvalue weighted by atomic mass is 79.9. The van der Waals surface area contributed by atoms with Gasteiger partial charge >= 0.3 is 6.18 Å². The third-order valence-electron chi connectivity index (χ3n) is 4.57. The highest BCUT2D eigenvalue weighted by molar-refractivity contribution is 9.10. The van der Waals surface area contributed by atoms with Crippen molar-refractivity contribution in [3.8, 4) is 0 Å². The highest BCUT2D eigenvalue weighted by Crippen LogP contribution is 2.28. The lowest BCUT2D eigenvalue weighted by Crippen LogP contribution is -2.33. The minimum atomic E-state index is -4.55. The number of aromatic nitrogens is 6. The first kappa shape index (κ1) is 18.8. The van der Waals surface area contributed by atoms with Gasteiger partial charge in [-0.05, 0) is 59.8 Å². The monoisotopic (exact) mass is 456 g/mol. The van der Waals surface area contributed by atoms with Crippen molar-refractivity contribution in [3.63, 3.8) is 0 Å². The van der Waals surface area contributed by atoms with E-state index in [1.165, 1.54) is 6.07 Å². The summed E-state index contributed by atoms with van der Waals surface area (Å²) in [7, 11) is 0. The molecule has 1 aliphatic rings. The van der Waals surface area contributed by atoms with Gasteiger partial charge in [-0.15, -0.1) is 15.3 Å². The van der Waals surface area contributed by atoms with E-state index in [2.05, 4.69) is 51.8 Å². The van der Waals surface area contributed by atoms with Gasteiger partial charge in [-0.2, -0.15) is 17.7 Å². The lowest BCUT2D eigenvalue weighted by molar-refractivity contribution is -0.144. The third-order valence-corrected chi connectivity index (χ3v) is 5.06. The van der Waals surface area contributed by atoms with Crippen LogP contribution in [0.4, 0.5) is 24.8 Å². The van der Waals surface area contributed by atoms with Crippen LogP contribution in [-0.4, -0.2) is 41.9 Å². The van der Waals surface area contributed by atoms with E-state index in [1.807, 2.05) is 12.1 Å². The molecule has 0 aliphatic heterocycles. The normalized spacial score (nSPS) is 20.3. The lowest BCUT2D eigenvalue weighted by atomic mass is 9.91. The van der Waals surface area contributed by atoms with Gasteiger partial charge in [-0.25, -0.2) is 9.97 Å². The van der Waals surface area contributed by atoms with Crippen LogP contribution in [0.25, 0.3) is 5.65 Å². The third kappa shape index (κ3) is 4.16. The van der Waals surface area contributed by atoms with E-state index in [1.54, 1.807) is 4.52 Å². The summed E-state index contributed by atoms with van der Waals surface area (Å²) in [6.07, 6.45) is -0.0948. The van der Waals surface area contributed by atoms with Crippen molar-refractivity contribution < 1.29 is 13.2 Å². The molecule has 0 unspecified atom stereocenters. The Morgan fingerprint density at radius 1 is 0.964 bits per heavy atom. The van der Waals surface area contributed by atoms with Crippen molar-refractivity contribution in [2.75, 3.05) is 10.6 Å². The standard InChI is InChI=1S/C16H16BrF3N8/c17-15-26-25-13-6-5-12(27-28(13)15)23-10-3-1-9(2-4-10)22-11-7-8-21-14(24-11)16(18,19)20/h5-10H,1-4H2,(H,23,27)(H,21,22,24). The Bertz CT molecular complexity index is 968. The number of nitrogens with one attached hydrogen (secondary N) is 2. The maximum atomic E-state index is 12.7. The van der Waals surface area contributed by atoms with Crippen LogP contribution < -0.4 is 10.6 Å². The Labute approximate surface area is 166 Å². The molecule has 0 amide bonds. The average Bonchev–Trinajstić information content (AvgIpc) is 3.04. The first-order valence-corrected chi connectivity index (χ1v) is 9.49. The topological polar surface area (TPSA) is 92.9 Å². The summed E-state index contributed by atoms with van der Waals surface area (Å²) in [5, 5.41) is 18.8. The first-order chi connectivity index (χ1) is 13.4. The second-order valence-electron chi connectivity index (χ2n) is 6.56. The Morgan fingerprint density at radius 2 is 1.64 bits per heavy atom. The predicted octanol–water partition coefficient (Wildman–Crippen LogP) is 3.53. The van der Waals surface area contributed by atoms with Crippen molar-refractivity contribution in [1.29, 1.82) is 0 Å². The lowest BCUT2D eigenvalue weighted by Gasteiger charge is -2.30. The predicted molar refractivity (Wildman–Crippen MR) is 98.8 cm³/mol. The van der Waals surface area contributed by atoms with Crippen LogP contribution in [0.5, 0.6) is 0 Å². The molecule has 8 nitrogen and oxygen atoms in total. The molecule has 0 aromatic carbocycles. The molecule has 1 aliphatic carbocycles. The second kappa shape index (κ2) is 7.49. The minimum absolute atomic E-state index is 0.0662. The summed E-state index contributed by atoms with van der Waals surface area (Å²) in [5.41, 5.74) is 0.647. The SMILES string of the molecule is FC(F)(F)c1nccc(NC2CCC(Nc3ccc4nnc(Br)n4n3)CC2)n1. The zero-order valence-electron chi connectivity index (χ0n) is 14.5. The summed E-state index contributed by atoms with van der Waals surface area (Å²) in [6.45, 7) is 0. The summed E-state index contributed by atoms with van der Waals surface area (Å²) in [4.78, 5) is 6.84. The van der Waals surface area contributed by atoms with E-state index in [9.17, 15) is 13.2 Å². The maximum Gasteiger partial charge on any atom is 0.451 e. The molecule has 0 atom stereocenters. The van der Waals surface area contributed by atoms with Gasteiger partial charge in [0, 0.05) is 18.3 Å². The number of halogens is 4.